The van der Waals surface area contributed by atoms with Gasteiger partial charge in [0.25, 0.3) is 0 Å². The monoisotopic (exact) mass is 373 g/mol. The van der Waals surface area contributed by atoms with Crippen LogP contribution in [0, 0.1) is 11.8 Å². The predicted molar refractivity (Wildman–Crippen MR) is 110 cm³/mol. The highest BCUT2D eigenvalue weighted by Gasteiger charge is 2.14. The van der Waals surface area contributed by atoms with Crippen molar-refractivity contribution in [3.63, 3.8) is 0 Å². The maximum absolute atomic E-state index is 6.01. The minimum Gasteiger partial charge on any atom is -0.494 e. The van der Waals surface area contributed by atoms with Crippen molar-refractivity contribution in [3.8, 4) is 23.5 Å². The molecule has 5 heteroatoms. The molecule has 1 aliphatic heterocycles. The van der Waals surface area contributed by atoms with Gasteiger partial charge in [0.15, 0.2) is 5.69 Å². The molecule has 3 aromatic rings. The summed E-state index contributed by atoms with van der Waals surface area (Å²) in [6, 6.07) is 15.5. The number of para-hydroxylation sites is 1. The molecule has 28 heavy (non-hydrogen) atoms. The van der Waals surface area contributed by atoms with E-state index in [1.54, 1.807) is 7.11 Å². The van der Waals surface area contributed by atoms with Gasteiger partial charge in [-0.2, -0.15) is 0 Å². The summed E-state index contributed by atoms with van der Waals surface area (Å²) in [6.45, 7) is 3.75. The number of hydrogen-bond acceptors (Lipinski definition) is 5. The summed E-state index contributed by atoms with van der Waals surface area (Å²) in [5, 5.41) is 0. The van der Waals surface area contributed by atoms with E-state index >= 15 is 0 Å². The molecule has 0 unspecified atom stereocenters. The molecule has 2 aromatic carbocycles. The van der Waals surface area contributed by atoms with Crippen molar-refractivity contribution in [2.75, 3.05) is 33.4 Å². The van der Waals surface area contributed by atoms with E-state index in [0.717, 1.165) is 30.7 Å². The van der Waals surface area contributed by atoms with Gasteiger partial charge >= 0.3 is 0 Å². The SMILES string of the molecule is COc1cccc2nc(OCCN3CCCC3)c(C#Cc3ccccc3)nc12. The molecule has 0 spiro atoms. The van der Waals surface area contributed by atoms with Crippen molar-refractivity contribution >= 4 is 11.0 Å². The zero-order valence-corrected chi connectivity index (χ0v) is 16.0. The van der Waals surface area contributed by atoms with Gasteiger partial charge in [0.2, 0.25) is 5.88 Å². The number of rotatable bonds is 5. The van der Waals surface area contributed by atoms with E-state index in [4.69, 9.17) is 14.5 Å². The zero-order valence-electron chi connectivity index (χ0n) is 16.0. The second kappa shape index (κ2) is 8.73. The molecule has 1 fully saturated rings. The van der Waals surface area contributed by atoms with Gasteiger partial charge in [-0.05, 0) is 56.1 Å². The van der Waals surface area contributed by atoms with Crippen LogP contribution in [-0.2, 0) is 0 Å². The maximum atomic E-state index is 6.01. The van der Waals surface area contributed by atoms with Gasteiger partial charge in [-0.1, -0.05) is 30.2 Å². The van der Waals surface area contributed by atoms with Crippen LogP contribution < -0.4 is 9.47 Å². The van der Waals surface area contributed by atoms with Crippen LogP contribution in [0.25, 0.3) is 11.0 Å². The minimum atomic E-state index is 0.475. The van der Waals surface area contributed by atoms with E-state index in [2.05, 4.69) is 21.7 Å². The van der Waals surface area contributed by atoms with Crippen LogP contribution in [0.2, 0.25) is 0 Å². The van der Waals surface area contributed by atoms with Crippen LogP contribution >= 0.6 is 0 Å². The van der Waals surface area contributed by atoms with Crippen LogP contribution in [-0.4, -0.2) is 48.2 Å². The molecule has 0 N–H and O–H groups in total. The first-order valence-electron chi connectivity index (χ1n) is 9.60. The third-order valence-electron chi connectivity index (χ3n) is 4.79. The van der Waals surface area contributed by atoms with Crippen molar-refractivity contribution < 1.29 is 9.47 Å². The van der Waals surface area contributed by atoms with E-state index in [0.29, 0.717) is 29.4 Å². The largest absolute Gasteiger partial charge is 0.494 e. The average molecular weight is 373 g/mol. The molecule has 0 bridgehead atoms. The van der Waals surface area contributed by atoms with Gasteiger partial charge in [0.05, 0.1) is 12.6 Å². The lowest BCUT2D eigenvalue weighted by molar-refractivity contribution is 0.231. The van der Waals surface area contributed by atoms with Crippen molar-refractivity contribution in [2.45, 2.75) is 12.8 Å². The van der Waals surface area contributed by atoms with Crippen molar-refractivity contribution in [1.82, 2.24) is 14.9 Å². The topological polar surface area (TPSA) is 47.5 Å². The number of aromatic nitrogens is 2. The van der Waals surface area contributed by atoms with E-state index in [1.807, 2.05) is 48.5 Å². The molecule has 0 radical (unpaired) electrons. The van der Waals surface area contributed by atoms with Crippen LogP contribution in [0.15, 0.2) is 48.5 Å². The average Bonchev–Trinajstić information content (AvgIpc) is 3.26. The van der Waals surface area contributed by atoms with E-state index < -0.39 is 0 Å². The Balaban J connectivity index is 1.65. The summed E-state index contributed by atoms with van der Waals surface area (Å²) in [5.74, 6) is 7.44. The molecule has 4 rings (SSSR count). The quantitative estimate of drug-likeness (QED) is 0.641. The molecule has 1 aliphatic rings. The summed E-state index contributed by atoms with van der Waals surface area (Å²) < 4.78 is 11.4. The van der Waals surface area contributed by atoms with E-state index in [-0.39, 0.29) is 0 Å². The summed E-state index contributed by atoms with van der Waals surface area (Å²) in [7, 11) is 1.63. The van der Waals surface area contributed by atoms with Gasteiger partial charge < -0.3 is 9.47 Å². The van der Waals surface area contributed by atoms with Crippen molar-refractivity contribution in [1.29, 1.82) is 0 Å². The molecule has 5 nitrogen and oxygen atoms in total. The van der Waals surface area contributed by atoms with Crippen LogP contribution in [0.1, 0.15) is 24.1 Å². The molecule has 0 saturated carbocycles. The Morgan fingerprint density at radius 2 is 1.79 bits per heavy atom. The number of likely N-dealkylation sites (tertiary alicyclic amines) is 1. The smallest absolute Gasteiger partial charge is 0.249 e. The number of nitrogens with zero attached hydrogens (tertiary/aromatic N) is 3. The number of ether oxygens (including phenoxy) is 2. The second-order valence-corrected chi connectivity index (χ2v) is 6.72. The first-order chi connectivity index (χ1) is 13.8. The Morgan fingerprint density at radius 1 is 0.964 bits per heavy atom. The van der Waals surface area contributed by atoms with Crippen LogP contribution in [0.3, 0.4) is 0 Å². The molecule has 0 aliphatic carbocycles. The van der Waals surface area contributed by atoms with E-state index in [9.17, 15) is 0 Å². The fraction of sp³-hybridized carbons (Fsp3) is 0.304. The van der Waals surface area contributed by atoms with Gasteiger partial charge in [-0.25, -0.2) is 9.97 Å². The van der Waals surface area contributed by atoms with Gasteiger partial charge in [-0.3, -0.25) is 4.90 Å². The highest BCUT2D eigenvalue weighted by Crippen LogP contribution is 2.26. The predicted octanol–water partition coefficient (Wildman–Crippen LogP) is 3.51. The fourth-order valence-electron chi connectivity index (χ4n) is 3.31. The number of benzene rings is 2. The first-order valence-corrected chi connectivity index (χ1v) is 9.60. The lowest BCUT2D eigenvalue weighted by Crippen LogP contribution is -2.25. The molecule has 2 heterocycles. The number of fused-ring (bicyclic) bond motifs is 1. The maximum Gasteiger partial charge on any atom is 0.249 e. The summed E-state index contributed by atoms with van der Waals surface area (Å²) in [5.41, 5.74) is 2.88. The summed E-state index contributed by atoms with van der Waals surface area (Å²) in [6.07, 6.45) is 2.53. The van der Waals surface area contributed by atoms with Gasteiger partial charge in [0.1, 0.15) is 17.9 Å². The molecular formula is C23H23N3O2. The van der Waals surface area contributed by atoms with Gasteiger partial charge in [-0.15, -0.1) is 0 Å². The van der Waals surface area contributed by atoms with Crippen molar-refractivity contribution in [3.05, 3.63) is 59.8 Å². The van der Waals surface area contributed by atoms with Gasteiger partial charge in [0, 0.05) is 12.1 Å². The lowest BCUT2D eigenvalue weighted by Gasteiger charge is -2.15. The fourth-order valence-corrected chi connectivity index (χ4v) is 3.31. The zero-order chi connectivity index (χ0) is 19.2. The van der Waals surface area contributed by atoms with Crippen LogP contribution in [0.5, 0.6) is 11.6 Å². The van der Waals surface area contributed by atoms with Crippen LogP contribution in [0.4, 0.5) is 0 Å². The number of hydrogen-bond donors (Lipinski definition) is 0. The van der Waals surface area contributed by atoms with Crippen molar-refractivity contribution in [2.24, 2.45) is 0 Å². The second-order valence-electron chi connectivity index (χ2n) is 6.72. The highest BCUT2D eigenvalue weighted by atomic mass is 16.5. The molecule has 0 amide bonds. The Kier molecular flexibility index (Phi) is 5.69. The third-order valence-corrected chi connectivity index (χ3v) is 4.79. The standard InChI is InChI=1S/C23H23N3O2/c1-27-21-11-7-10-19-22(21)24-20(13-12-18-8-3-2-4-9-18)23(25-19)28-17-16-26-14-5-6-15-26/h2-4,7-11H,5-6,14-17H2,1H3. The Morgan fingerprint density at radius 3 is 2.57 bits per heavy atom. The highest BCUT2D eigenvalue weighted by molar-refractivity contribution is 5.82. The Hall–Kier alpha value is -3.10. The first kappa shape index (κ1) is 18.3. The molecule has 1 saturated heterocycles. The van der Waals surface area contributed by atoms with E-state index in [1.165, 1.54) is 12.8 Å². The normalized spacial score (nSPS) is 13.9. The molecule has 142 valence electrons. The molecular weight excluding hydrogens is 350 g/mol. The third kappa shape index (κ3) is 4.24. The lowest BCUT2D eigenvalue weighted by atomic mass is 10.2. The molecule has 0 atom stereocenters. The Labute approximate surface area is 165 Å². The summed E-state index contributed by atoms with van der Waals surface area (Å²) in [4.78, 5) is 11.8. The number of methoxy groups -OCH3 is 1. The Bertz CT molecular complexity index is 1000. The minimum absolute atomic E-state index is 0.475. The molecule has 1 aromatic heterocycles. The summed E-state index contributed by atoms with van der Waals surface area (Å²) >= 11 is 0.